The standard InChI is InChI=1S/C24H14O2S3/c25-29(26,21-13-5-11-19-23(21)15-7-1-3-9-17(15)27-19)22-14-6-12-20-24(22)16-8-2-4-10-18(16)28-20/h1-14H. The van der Waals surface area contributed by atoms with Gasteiger partial charge in [0.1, 0.15) is 0 Å². The quantitative estimate of drug-likeness (QED) is 0.290. The van der Waals surface area contributed by atoms with Gasteiger partial charge in [-0.25, -0.2) is 8.42 Å². The van der Waals surface area contributed by atoms with Crippen LogP contribution in [-0.2, 0) is 9.84 Å². The number of hydrogen-bond donors (Lipinski definition) is 0. The van der Waals surface area contributed by atoms with E-state index >= 15 is 0 Å². The van der Waals surface area contributed by atoms with Crippen LogP contribution in [0.25, 0.3) is 40.3 Å². The Kier molecular flexibility index (Phi) is 3.63. The third-order valence-corrected chi connectivity index (χ3v) is 9.42. The molecule has 2 heterocycles. The molecule has 0 fully saturated rings. The Balaban J connectivity index is 1.75. The van der Waals surface area contributed by atoms with Crippen LogP contribution in [0.15, 0.2) is 94.7 Å². The van der Waals surface area contributed by atoms with E-state index in [4.69, 9.17) is 0 Å². The number of benzene rings is 4. The Bertz CT molecular complexity index is 1550. The van der Waals surface area contributed by atoms with Crippen LogP contribution in [0.2, 0.25) is 0 Å². The molecule has 0 saturated heterocycles. The Morgan fingerprint density at radius 1 is 0.483 bits per heavy atom. The van der Waals surface area contributed by atoms with Crippen LogP contribution in [0, 0.1) is 0 Å². The molecule has 0 atom stereocenters. The minimum absolute atomic E-state index is 0.384. The van der Waals surface area contributed by atoms with Crippen molar-refractivity contribution in [3.05, 3.63) is 84.9 Å². The molecule has 4 aromatic carbocycles. The Morgan fingerprint density at radius 2 is 0.897 bits per heavy atom. The number of sulfone groups is 1. The summed E-state index contributed by atoms with van der Waals surface area (Å²) in [4.78, 5) is 0.769. The van der Waals surface area contributed by atoms with Crippen molar-refractivity contribution in [2.75, 3.05) is 0 Å². The molecule has 0 radical (unpaired) electrons. The zero-order valence-corrected chi connectivity index (χ0v) is 17.6. The van der Waals surface area contributed by atoms with E-state index in [1.807, 2.05) is 72.8 Å². The highest BCUT2D eigenvalue weighted by Crippen LogP contribution is 2.43. The van der Waals surface area contributed by atoms with Crippen molar-refractivity contribution < 1.29 is 8.42 Å². The average molecular weight is 431 g/mol. The fourth-order valence-corrected chi connectivity index (χ4v) is 8.17. The predicted octanol–water partition coefficient (Wildman–Crippen LogP) is 7.26. The summed E-state index contributed by atoms with van der Waals surface area (Å²) in [5, 5.41) is 3.64. The van der Waals surface area contributed by atoms with E-state index in [0.717, 1.165) is 40.3 Å². The van der Waals surface area contributed by atoms with Crippen molar-refractivity contribution in [3.8, 4) is 0 Å². The molecule has 0 unspecified atom stereocenters. The van der Waals surface area contributed by atoms with E-state index in [0.29, 0.717) is 9.79 Å². The van der Waals surface area contributed by atoms with Crippen LogP contribution in [0.5, 0.6) is 0 Å². The zero-order chi connectivity index (χ0) is 19.6. The van der Waals surface area contributed by atoms with Gasteiger partial charge in [-0.1, -0.05) is 48.5 Å². The van der Waals surface area contributed by atoms with Crippen LogP contribution < -0.4 is 0 Å². The van der Waals surface area contributed by atoms with E-state index in [1.54, 1.807) is 34.8 Å². The summed E-state index contributed by atoms with van der Waals surface area (Å²) in [5.74, 6) is 0. The van der Waals surface area contributed by atoms with Crippen LogP contribution >= 0.6 is 22.7 Å². The molecule has 0 aliphatic heterocycles. The second-order valence-corrected chi connectivity index (χ2v) is 11.0. The first-order chi connectivity index (χ1) is 14.1. The average Bonchev–Trinajstić information content (AvgIpc) is 3.31. The van der Waals surface area contributed by atoms with Gasteiger partial charge in [0, 0.05) is 40.3 Å². The van der Waals surface area contributed by atoms with Gasteiger partial charge < -0.3 is 0 Å². The molecule has 6 aromatic rings. The molecule has 0 aliphatic carbocycles. The third kappa shape index (κ3) is 2.42. The Hall–Kier alpha value is -2.73. The molecule has 0 aliphatic rings. The summed E-state index contributed by atoms with van der Waals surface area (Å²) >= 11 is 3.27. The van der Waals surface area contributed by atoms with Crippen molar-refractivity contribution in [1.82, 2.24) is 0 Å². The summed E-state index contributed by atoms with van der Waals surface area (Å²) in [6.45, 7) is 0. The van der Waals surface area contributed by atoms with Crippen molar-refractivity contribution in [2.24, 2.45) is 0 Å². The molecule has 0 N–H and O–H groups in total. The largest absolute Gasteiger partial charge is 0.218 e. The SMILES string of the molecule is O=S(=O)(c1cccc2sc3ccccc3c12)c1cccc2sc3ccccc3c12. The molecule has 0 amide bonds. The Morgan fingerprint density at radius 3 is 1.38 bits per heavy atom. The van der Waals surface area contributed by atoms with Crippen molar-refractivity contribution >= 4 is 72.9 Å². The van der Waals surface area contributed by atoms with Gasteiger partial charge in [0.15, 0.2) is 0 Å². The van der Waals surface area contributed by atoms with Crippen LogP contribution in [0.4, 0.5) is 0 Å². The van der Waals surface area contributed by atoms with Gasteiger partial charge in [-0.05, 0) is 36.4 Å². The first-order valence-electron chi connectivity index (χ1n) is 9.20. The molecule has 0 spiro atoms. The summed E-state index contributed by atoms with van der Waals surface area (Å²) in [6, 6.07) is 27.2. The third-order valence-electron chi connectivity index (χ3n) is 5.31. The lowest BCUT2D eigenvalue weighted by atomic mass is 10.1. The lowest BCUT2D eigenvalue weighted by Crippen LogP contribution is -2.03. The minimum Gasteiger partial charge on any atom is -0.218 e. The Labute approximate surface area is 175 Å². The second-order valence-electron chi connectivity index (χ2n) is 6.96. The van der Waals surface area contributed by atoms with Gasteiger partial charge in [0.05, 0.1) is 9.79 Å². The molecular weight excluding hydrogens is 416 g/mol. The van der Waals surface area contributed by atoms with E-state index in [-0.39, 0.29) is 0 Å². The maximum Gasteiger partial charge on any atom is 0.207 e. The molecule has 5 heteroatoms. The highest BCUT2D eigenvalue weighted by molar-refractivity contribution is 7.92. The van der Waals surface area contributed by atoms with Crippen LogP contribution in [0.1, 0.15) is 0 Å². The van der Waals surface area contributed by atoms with Crippen LogP contribution in [-0.4, -0.2) is 8.42 Å². The maximum absolute atomic E-state index is 14.0. The zero-order valence-electron chi connectivity index (χ0n) is 15.1. The van der Waals surface area contributed by atoms with Gasteiger partial charge in [0.2, 0.25) is 9.84 Å². The molecule has 6 rings (SSSR count). The predicted molar refractivity (Wildman–Crippen MR) is 124 cm³/mol. The monoisotopic (exact) mass is 430 g/mol. The molecular formula is C24H14O2S3. The van der Waals surface area contributed by atoms with E-state index in [9.17, 15) is 8.42 Å². The number of thiophene rings is 2. The highest BCUT2D eigenvalue weighted by Gasteiger charge is 2.25. The van der Waals surface area contributed by atoms with E-state index in [2.05, 4.69) is 0 Å². The summed E-state index contributed by atoms with van der Waals surface area (Å²) in [7, 11) is -3.70. The fraction of sp³-hybridized carbons (Fsp3) is 0. The van der Waals surface area contributed by atoms with Gasteiger partial charge in [-0.3, -0.25) is 0 Å². The van der Waals surface area contributed by atoms with E-state index in [1.165, 1.54) is 0 Å². The smallest absolute Gasteiger partial charge is 0.207 e. The van der Waals surface area contributed by atoms with Crippen molar-refractivity contribution in [1.29, 1.82) is 0 Å². The van der Waals surface area contributed by atoms with Crippen molar-refractivity contribution in [3.63, 3.8) is 0 Å². The summed E-state index contributed by atoms with van der Waals surface area (Å²) < 4.78 is 32.1. The minimum atomic E-state index is -3.70. The molecule has 2 aromatic heterocycles. The molecule has 0 bridgehead atoms. The maximum atomic E-state index is 14.0. The lowest BCUT2D eigenvalue weighted by Gasteiger charge is -2.09. The van der Waals surface area contributed by atoms with Gasteiger partial charge in [0.25, 0.3) is 0 Å². The molecule has 2 nitrogen and oxygen atoms in total. The molecule has 0 saturated carbocycles. The van der Waals surface area contributed by atoms with Gasteiger partial charge in [-0.2, -0.15) is 0 Å². The summed E-state index contributed by atoms with van der Waals surface area (Å²) in [6.07, 6.45) is 0. The molecule has 140 valence electrons. The van der Waals surface area contributed by atoms with Crippen LogP contribution in [0.3, 0.4) is 0 Å². The number of hydrogen-bond acceptors (Lipinski definition) is 4. The first-order valence-corrected chi connectivity index (χ1v) is 12.3. The summed E-state index contributed by atoms with van der Waals surface area (Å²) in [5.41, 5.74) is 0. The first kappa shape index (κ1) is 17.2. The van der Waals surface area contributed by atoms with Gasteiger partial charge in [-0.15, -0.1) is 22.7 Å². The fourth-order valence-electron chi connectivity index (χ4n) is 4.05. The van der Waals surface area contributed by atoms with Crippen molar-refractivity contribution in [2.45, 2.75) is 9.79 Å². The topological polar surface area (TPSA) is 34.1 Å². The number of fused-ring (bicyclic) bond motifs is 6. The van der Waals surface area contributed by atoms with Gasteiger partial charge >= 0.3 is 0 Å². The lowest BCUT2D eigenvalue weighted by molar-refractivity contribution is 0.598. The highest BCUT2D eigenvalue weighted by atomic mass is 32.2. The second kappa shape index (κ2) is 6.13. The molecule has 29 heavy (non-hydrogen) atoms. The number of rotatable bonds is 2. The van der Waals surface area contributed by atoms with E-state index < -0.39 is 9.84 Å². The normalized spacial score (nSPS) is 12.4.